The smallest absolute Gasteiger partial charge is 0.321 e. The first kappa shape index (κ1) is 13.5. The van der Waals surface area contributed by atoms with Gasteiger partial charge >= 0.3 is 6.01 Å². The van der Waals surface area contributed by atoms with Crippen LogP contribution in [-0.4, -0.2) is 15.1 Å². The summed E-state index contributed by atoms with van der Waals surface area (Å²) < 4.78 is 5.54. The molecule has 1 N–H and O–H groups in total. The van der Waals surface area contributed by atoms with E-state index in [1.807, 2.05) is 24.3 Å². The predicted octanol–water partition coefficient (Wildman–Crippen LogP) is 3.06. The van der Waals surface area contributed by atoms with Gasteiger partial charge < -0.3 is 9.84 Å². The van der Waals surface area contributed by atoms with Crippen molar-refractivity contribution in [3.63, 3.8) is 0 Å². The first-order chi connectivity index (χ1) is 8.99. The molecule has 0 aliphatic rings. The van der Waals surface area contributed by atoms with Crippen molar-refractivity contribution in [3.05, 3.63) is 47.8 Å². The minimum Gasteiger partial charge on any atom is -0.424 e. The normalized spacial score (nSPS) is 11.4. The molecular weight excluding hydrogens is 240 g/mol. The summed E-state index contributed by atoms with van der Waals surface area (Å²) in [6.45, 7) is 6.43. The highest BCUT2D eigenvalue weighted by Crippen LogP contribution is 2.25. The predicted molar refractivity (Wildman–Crippen MR) is 73.2 cm³/mol. The Bertz CT molecular complexity index is 528. The van der Waals surface area contributed by atoms with Gasteiger partial charge in [-0.3, -0.25) is 0 Å². The fourth-order valence-electron chi connectivity index (χ4n) is 1.61. The van der Waals surface area contributed by atoms with E-state index in [9.17, 15) is 0 Å². The molecule has 0 amide bonds. The maximum atomic E-state index is 8.90. The van der Waals surface area contributed by atoms with Crippen molar-refractivity contribution in [1.29, 1.82) is 0 Å². The van der Waals surface area contributed by atoms with Gasteiger partial charge in [-0.15, -0.1) is 0 Å². The van der Waals surface area contributed by atoms with Crippen LogP contribution in [-0.2, 0) is 12.0 Å². The van der Waals surface area contributed by atoms with Gasteiger partial charge in [0.2, 0.25) is 0 Å². The number of aromatic nitrogens is 2. The van der Waals surface area contributed by atoms with E-state index < -0.39 is 0 Å². The molecule has 1 aromatic carbocycles. The van der Waals surface area contributed by atoms with Crippen LogP contribution in [0.2, 0.25) is 0 Å². The van der Waals surface area contributed by atoms with Crippen LogP contribution in [0.4, 0.5) is 0 Å². The van der Waals surface area contributed by atoms with Crippen molar-refractivity contribution >= 4 is 0 Å². The van der Waals surface area contributed by atoms with Gasteiger partial charge in [-0.25, -0.2) is 9.97 Å². The Morgan fingerprint density at radius 1 is 1.05 bits per heavy atom. The van der Waals surface area contributed by atoms with Crippen molar-refractivity contribution in [2.75, 3.05) is 0 Å². The topological polar surface area (TPSA) is 55.2 Å². The Balaban J connectivity index is 2.10. The van der Waals surface area contributed by atoms with Gasteiger partial charge in [0.15, 0.2) is 0 Å². The molecule has 0 aliphatic heterocycles. The molecule has 4 nitrogen and oxygen atoms in total. The minimum absolute atomic E-state index is 0.0689. The SMILES string of the molecule is CC(C)(C)c1ccc(Oc2ncc(CO)cn2)cc1. The Labute approximate surface area is 113 Å². The molecule has 1 heterocycles. The zero-order valence-electron chi connectivity index (χ0n) is 11.4. The first-order valence-corrected chi connectivity index (χ1v) is 6.19. The summed E-state index contributed by atoms with van der Waals surface area (Å²) in [5, 5.41) is 8.90. The van der Waals surface area contributed by atoms with Gasteiger partial charge in [-0.2, -0.15) is 0 Å². The summed E-state index contributed by atoms with van der Waals surface area (Å²) >= 11 is 0. The van der Waals surface area contributed by atoms with Crippen molar-refractivity contribution < 1.29 is 9.84 Å². The van der Waals surface area contributed by atoms with Crippen LogP contribution in [0.1, 0.15) is 31.9 Å². The third-order valence-corrected chi connectivity index (χ3v) is 2.79. The van der Waals surface area contributed by atoms with Crippen LogP contribution < -0.4 is 4.74 Å². The molecule has 4 heteroatoms. The van der Waals surface area contributed by atoms with Crippen LogP contribution >= 0.6 is 0 Å². The quantitative estimate of drug-likeness (QED) is 0.919. The maximum Gasteiger partial charge on any atom is 0.321 e. The first-order valence-electron chi connectivity index (χ1n) is 6.19. The molecule has 19 heavy (non-hydrogen) atoms. The highest BCUT2D eigenvalue weighted by molar-refractivity contribution is 5.32. The van der Waals surface area contributed by atoms with Gasteiger partial charge in [0, 0.05) is 18.0 Å². The number of hydrogen-bond acceptors (Lipinski definition) is 4. The molecule has 0 spiro atoms. The van der Waals surface area contributed by atoms with E-state index in [4.69, 9.17) is 9.84 Å². The Kier molecular flexibility index (Phi) is 3.81. The van der Waals surface area contributed by atoms with Crippen LogP contribution in [0, 0.1) is 0 Å². The van der Waals surface area contributed by atoms with Gasteiger partial charge in [-0.05, 0) is 23.1 Å². The van der Waals surface area contributed by atoms with Crippen molar-refractivity contribution in [2.24, 2.45) is 0 Å². The lowest BCUT2D eigenvalue weighted by Gasteiger charge is -2.18. The van der Waals surface area contributed by atoms with Crippen LogP contribution in [0.5, 0.6) is 11.8 Å². The third-order valence-electron chi connectivity index (χ3n) is 2.79. The summed E-state index contributed by atoms with van der Waals surface area (Å²) in [6, 6.07) is 8.17. The van der Waals surface area contributed by atoms with Gasteiger partial charge in [-0.1, -0.05) is 32.9 Å². The fraction of sp³-hybridized carbons (Fsp3) is 0.333. The monoisotopic (exact) mass is 258 g/mol. The maximum absolute atomic E-state index is 8.90. The summed E-state index contributed by atoms with van der Waals surface area (Å²) in [5.41, 5.74) is 2.03. The van der Waals surface area contributed by atoms with E-state index in [-0.39, 0.29) is 18.0 Å². The van der Waals surface area contributed by atoms with E-state index >= 15 is 0 Å². The van der Waals surface area contributed by atoms with Crippen molar-refractivity contribution in [2.45, 2.75) is 32.8 Å². The molecule has 2 aromatic rings. The largest absolute Gasteiger partial charge is 0.424 e. The lowest BCUT2D eigenvalue weighted by Crippen LogP contribution is -2.10. The van der Waals surface area contributed by atoms with Crippen LogP contribution in [0.3, 0.4) is 0 Å². The zero-order chi connectivity index (χ0) is 13.9. The highest BCUT2D eigenvalue weighted by atomic mass is 16.5. The average Bonchev–Trinajstić information content (AvgIpc) is 2.39. The molecule has 0 atom stereocenters. The molecule has 0 saturated carbocycles. The second-order valence-corrected chi connectivity index (χ2v) is 5.41. The van der Waals surface area contributed by atoms with Crippen LogP contribution in [0.15, 0.2) is 36.7 Å². The van der Waals surface area contributed by atoms with E-state index in [0.29, 0.717) is 11.3 Å². The second kappa shape index (κ2) is 5.36. The number of ether oxygens (including phenoxy) is 1. The standard InChI is InChI=1S/C15H18N2O2/c1-15(2,3)12-4-6-13(7-5-12)19-14-16-8-11(10-18)9-17-14/h4-9,18H,10H2,1-3H3. The Morgan fingerprint density at radius 2 is 1.63 bits per heavy atom. The van der Waals surface area contributed by atoms with E-state index in [0.717, 1.165) is 0 Å². The molecule has 1 aromatic heterocycles. The van der Waals surface area contributed by atoms with Gasteiger partial charge in [0.05, 0.1) is 6.61 Å². The van der Waals surface area contributed by atoms with Crippen molar-refractivity contribution in [1.82, 2.24) is 9.97 Å². The minimum atomic E-state index is -0.0689. The van der Waals surface area contributed by atoms with Crippen LogP contribution in [0.25, 0.3) is 0 Å². The van der Waals surface area contributed by atoms with Gasteiger partial charge in [0.1, 0.15) is 5.75 Å². The van der Waals surface area contributed by atoms with Gasteiger partial charge in [0.25, 0.3) is 0 Å². The summed E-state index contributed by atoms with van der Waals surface area (Å²) in [6.07, 6.45) is 3.09. The van der Waals surface area contributed by atoms with Crippen molar-refractivity contribution in [3.8, 4) is 11.8 Å². The molecule has 0 aliphatic carbocycles. The Morgan fingerprint density at radius 3 is 2.11 bits per heavy atom. The molecule has 0 fully saturated rings. The fourth-order valence-corrected chi connectivity index (χ4v) is 1.61. The number of benzene rings is 1. The lowest BCUT2D eigenvalue weighted by atomic mass is 9.87. The van der Waals surface area contributed by atoms with E-state index in [1.165, 1.54) is 5.56 Å². The van der Waals surface area contributed by atoms with E-state index in [1.54, 1.807) is 12.4 Å². The summed E-state index contributed by atoms with van der Waals surface area (Å²) in [5.74, 6) is 0.699. The number of aliphatic hydroxyl groups is 1. The number of aliphatic hydroxyl groups excluding tert-OH is 1. The third kappa shape index (κ3) is 3.51. The molecule has 2 rings (SSSR count). The average molecular weight is 258 g/mol. The summed E-state index contributed by atoms with van der Waals surface area (Å²) in [4.78, 5) is 8.05. The molecule has 0 saturated heterocycles. The molecule has 0 unspecified atom stereocenters. The second-order valence-electron chi connectivity index (χ2n) is 5.41. The summed E-state index contributed by atoms with van der Waals surface area (Å²) in [7, 11) is 0. The number of nitrogens with zero attached hydrogens (tertiary/aromatic N) is 2. The van der Waals surface area contributed by atoms with E-state index in [2.05, 4.69) is 30.7 Å². The Hall–Kier alpha value is -1.94. The molecule has 100 valence electrons. The zero-order valence-corrected chi connectivity index (χ0v) is 11.4. The molecule has 0 bridgehead atoms. The number of hydrogen-bond donors (Lipinski definition) is 1. The lowest BCUT2D eigenvalue weighted by molar-refractivity contribution is 0.280. The number of rotatable bonds is 3. The molecular formula is C15H18N2O2. The molecule has 0 radical (unpaired) electrons. The highest BCUT2D eigenvalue weighted by Gasteiger charge is 2.13.